The van der Waals surface area contributed by atoms with Gasteiger partial charge in [0.1, 0.15) is 11.6 Å². The molecule has 1 aromatic heterocycles. The van der Waals surface area contributed by atoms with Gasteiger partial charge < -0.3 is 5.32 Å². The summed E-state index contributed by atoms with van der Waals surface area (Å²) in [6.07, 6.45) is 2.53. The molecule has 2 aromatic rings. The SMILES string of the molecule is CCNc1cc(C2CC2)nc(CSc2ccccc2Br)n1. The van der Waals surface area contributed by atoms with E-state index in [0.717, 1.165) is 28.4 Å². The maximum atomic E-state index is 4.74. The van der Waals surface area contributed by atoms with E-state index in [1.165, 1.54) is 23.4 Å². The first-order chi connectivity index (χ1) is 10.3. The smallest absolute Gasteiger partial charge is 0.141 e. The monoisotopic (exact) mass is 363 g/mol. The Kier molecular flexibility index (Phi) is 4.80. The van der Waals surface area contributed by atoms with Crippen LogP contribution in [0.15, 0.2) is 39.7 Å². The molecule has 21 heavy (non-hydrogen) atoms. The van der Waals surface area contributed by atoms with Crippen molar-refractivity contribution in [2.45, 2.75) is 36.3 Å². The predicted molar refractivity (Wildman–Crippen MR) is 91.9 cm³/mol. The van der Waals surface area contributed by atoms with E-state index in [4.69, 9.17) is 4.98 Å². The number of benzene rings is 1. The van der Waals surface area contributed by atoms with Gasteiger partial charge in [-0.25, -0.2) is 9.97 Å². The quantitative estimate of drug-likeness (QED) is 0.745. The van der Waals surface area contributed by atoms with Gasteiger partial charge in [0.05, 0.1) is 5.75 Å². The highest BCUT2D eigenvalue weighted by Crippen LogP contribution is 2.40. The molecule has 5 heteroatoms. The molecule has 3 rings (SSSR count). The summed E-state index contributed by atoms with van der Waals surface area (Å²) in [6.45, 7) is 2.98. The molecule has 0 bridgehead atoms. The van der Waals surface area contributed by atoms with E-state index < -0.39 is 0 Å². The molecule has 1 aliphatic rings. The van der Waals surface area contributed by atoms with Crippen LogP contribution in [0, 0.1) is 0 Å². The van der Waals surface area contributed by atoms with Crippen LogP contribution in [0.25, 0.3) is 0 Å². The van der Waals surface area contributed by atoms with Crippen LogP contribution in [0.1, 0.15) is 37.2 Å². The number of aromatic nitrogens is 2. The summed E-state index contributed by atoms with van der Waals surface area (Å²) in [5.41, 5.74) is 1.20. The molecule has 110 valence electrons. The number of thioether (sulfide) groups is 1. The number of nitrogens with zero attached hydrogens (tertiary/aromatic N) is 2. The lowest BCUT2D eigenvalue weighted by Crippen LogP contribution is -2.05. The summed E-state index contributed by atoms with van der Waals surface area (Å²) in [5, 5.41) is 3.31. The Labute approximate surface area is 138 Å². The van der Waals surface area contributed by atoms with Crippen LogP contribution in [0.5, 0.6) is 0 Å². The predicted octanol–water partition coefficient (Wildman–Crippen LogP) is 4.84. The third kappa shape index (κ3) is 3.98. The summed E-state index contributed by atoms with van der Waals surface area (Å²) < 4.78 is 1.13. The van der Waals surface area contributed by atoms with E-state index >= 15 is 0 Å². The molecule has 1 aromatic carbocycles. The first-order valence-corrected chi connectivity index (χ1v) is 9.03. The van der Waals surface area contributed by atoms with Crippen LogP contribution in [-0.4, -0.2) is 16.5 Å². The lowest BCUT2D eigenvalue weighted by atomic mass is 10.2. The number of halogens is 1. The lowest BCUT2D eigenvalue weighted by Gasteiger charge is -2.09. The Morgan fingerprint density at radius 3 is 2.81 bits per heavy atom. The van der Waals surface area contributed by atoms with Gasteiger partial charge in [0.2, 0.25) is 0 Å². The standard InChI is InChI=1S/C16H18BrN3S/c1-2-18-15-9-13(11-7-8-11)19-16(20-15)10-21-14-6-4-3-5-12(14)17/h3-6,9,11H,2,7-8,10H2,1H3,(H,18,19,20). The zero-order chi connectivity index (χ0) is 14.7. The van der Waals surface area contributed by atoms with Gasteiger partial charge >= 0.3 is 0 Å². The van der Waals surface area contributed by atoms with E-state index in [-0.39, 0.29) is 0 Å². The molecule has 1 fully saturated rings. The second kappa shape index (κ2) is 6.79. The molecular formula is C16H18BrN3S. The van der Waals surface area contributed by atoms with E-state index in [1.807, 2.05) is 6.07 Å². The van der Waals surface area contributed by atoms with Gasteiger partial charge in [-0.05, 0) is 47.8 Å². The molecule has 1 N–H and O–H groups in total. The Hall–Kier alpha value is -1.07. The molecule has 0 unspecified atom stereocenters. The molecule has 3 nitrogen and oxygen atoms in total. The second-order valence-corrected chi connectivity index (χ2v) is 6.99. The molecule has 0 amide bonds. The topological polar surface area (TPSA) is 37.8 Å². The molecule has 0 aliphatic heterocycles. The van der Waals surface area contributed by atoms with Crippen LogP contribution in [0.3, 0.4) is 0 Å². The lowest BCUT2D eigenvalue weighted by molar-refractivity contribution is 0.928. The summed E-state index contributed by atoms with van der Waals surface area (Å²) in [7, 11) is 0. The highest BCUT2D eigenvalue weighted by atomic mass is 79.9. The van der Waals surface area contributed by atoms with Gasteiger partial charge in [-0.1, -0.05) is 12.1 Å². The number of nitrogens with one attached hydrogen (secondary N) is 1. The van der Waals surface area contributed by atoms with E-state index in [2.05, 4.69) is 57.4 Å². The van der Waals surface area contributed by atoms with Crippen molar-refractivity contribution in [2.24, 2.45) is 0 Å². The van der Waals surface area contributed by atoms with Crippen LogP contribution in [0.2, 0.25) is 0 Å². The average molecular weight is 364 g/mol. The minimum absolute atomic E-state index is 0.651. The highest BCUT2D eigenvalue weighted by molar-refractivity contribution is 9.10. The number of rotatable bonds is 6. The van der Waals surface area contributed by atoms with E-state index in [9.17, 15) is 0 Å². The molecule has 0 radical (unpaired) electrons. The Morgan fingerprint density at radius 1 is 1.29 bits per heavy atom. The van der Waals surface area contributed by atoms with Crippen molar-refractivity contribution in [3.63, 3.8) is 0 Å². The molecule has 1 heterocycles. The van der Waals surface area contributed by atoms with E-state index in [0.29, 0.717) is 5.92 Å². The fraction of sp³-hybridized carbons (Fsp3) is 0.375. The van der Waals surface area contributed by atoms with Crippen molar-refractivity contribution in [3.8, 4) is 0 Å². The third-order valence-electron chi connectivity index (χ3n) is 3.34. The molecular weight excluding hydrogens is 346 g/mol. The highest BCUT2D eigenvalue weighted by Gasteiger charge is 2.26. The number of anilines is 1. The summed E-state index contributed by atoms with van der Waals surface area (Å²) in [4.78, 5) is 10.6. The zero-order valence-electron chi connectivity index (χ0n) is 12.0. The van der Waals surface area contributed by atoms with Crippen molar-refractivity contribution < 1.29 is 0 Å². The van der Waals surface area contributed by atoms with Crippen molar-refractivity contribution in [2.75, 3.05) is 11.9 Å². The largest absolute Gasteiger partial charge is 0.370 e. The molecule has 0 spiro atoms. The van der Waals surface area contributed by atoms with Crippen molar-refractivity contribution >= 4 is 33.5 Å². The van der Waals surface area contributed by atoms with Crippen molar-refractivity contribution in [1.29, 1.82) is 0 Å². The fourth-order valence-electron chi connectivity index (χ4n) is 2.15. The second-order valence-electron chi connectivity index (χ2n) is 5.12. The maximum absolute atomic E-state index is 4.74. The van der Waals surface area contributed by atoms with Crippen LogP contribution >= 0.6 is 27.7 Å². The van der Waals surface area contributed by atoms with Crippen LogP contribution in [-0.2, 0) is 5.75 Å². The summed E-state index contributed by atoms with van der Waals surface area (Å²) in [5.74, 6) is 3.31. The number of hydrogen-bond donors (Lipinski definition) is 1. The maximum Gasteiger partial charge on any atom is 0.141 e. The average Bonchev–Trinajstić information content (AvgIpc) is 3.31. The minimum atomic E-state index is 0.651. The van der Waals surface area contributed by atoms with Gasteiger partial charge in [0, 0.05) is 33.6 Å². The van der Waals surface area contributed by atoms with Gasteiger partial charge in [0.15, 0.2) is 0 Å². The molecule has 0 atom stereocenters. The minimum Gasteiger partial charge on any atom is -0.370 e. The van der Waals surface area contributed by atoms with E-state index in [1.54, 1.807) is 11.8 Å². The Bertz CT molecular complexity index is 629. The molecule has 1 aliphatic carbocycles. The first-order valence-electron chi connectivity index (χ1n) is 7.25. The normalized spacial score (nSPS) is 14.2. The fourth-order valence-corrected chi connectivity index (χ4v) is 3.57. The van der Waals surface area contributed by atoms with Crippen molar-refractivity contribution in [3.05, 3.63) is 46.3 Å². The van der Waals surface area contributed by atoms with Crippen LogP contribution < -0.4 is 5.32 Å². The van der Waals surface area contributed by atoms with Gasteiger partial charge in [-0.3, -0.25) is 0 Å². The van der Waals surface area contributed by atoms with Gasteiger partial charge in [-0.2, -0.15) is 0 Å². The Balaban J connectivity index is 1.76. The van der Waals surface area contributed by atoms with Crippen molar-refractivity contribution in [1.82, 2.24) is 9.97 Å². The Morgan fingerprint density at radius 2 is 2.10 bits per heavy atom. The third-order valence-corrected chi connectivity index (χ3v) is 5.36. The van der Waals surface area contributed by atoms with Crippen LogP contribution in [0.4, 0.5) is 5.82 Å². The zero-order valence-corrected chi connectivity index (χ0v) is 14.4. The first kappa shape index (κ1) is 14.9. The number of hydrogen-bond acceptors (Lipinski definition) is 4. The summed E-state index contributed by atoms with van der Waals surface area (Å²) >= 11 is 5.35. The van der Waals surface area contributed by atoms with Gasteiger partial charge in [-0.15, -0.1) is 11.8 Å². The molecule has 0 saturated heterocycles. The molecule has 1 saturated carbocycles. The van der Waals surface area contributed by atoms with Gasteiger partial charge in [0.25, 0.3) is 0 Å². The summed E-state index contributed by atoms with van der Waals surface area (Å²) in [6, 6.07) is 10.4.